The fourth-order valence-corrected chi connectivity index (χ4v) is 4.72. The Morgan fingerprint density at radius 2 is 2.09 bits per heavy atom. The number of aromatic nitrogens is 1. The second-order valence-electron chi connectivity index (χ2n) is 7.92. The number of nitrogens with one attached hydrogen (secondary N) is 1. The average Bonchev–Trinajstić information content (AvgIpc) is 3.43. The summed E-state index contributed by atoms with van der Waals surface area (Å²) >= 11 is 4.44. The van der Waals surface area contributed by atoms with Crippen LogP contribution in [0.3, 0.4) is 0 Å². The predicted octanol–water partition coefficient (Wildman–Crippen LogP) is 5.01. The first-order valence-corrected chi connectivity index (χ1v) is 11.8. The van der Waals surface area contributed by atoms with Crippen LogP contribution in [0.25, 0.3) is 17.0 Å². The zero-order valence-electron chi connectivity index (χ0n) is 17.6. The van der Waals surface area contributed by atoms with Gasteiger partial charge in [0.2, 0.25) is 5.91 Å². The van der Waals surface area contributed by atoms with E-state index >= 15 is 0 Å². The van der Waals surface area contributed by atoms with Crippen molar-refractivity contribution >= 4 is 61.7 Å². The molecule has 3 aromatic rings. The van der Waals surface area contributed by atoms with Gasteiger partial charge in [-0.25, -0.2) is 0 Å². The molecule has 4 rings (SSSR count). The van der Waals surface area contributed by atoms with E-state index in [-0.39, 0.29) is 29.5 Å². The van der Waals surface area contributed by atoms with E-state index in [4.69, 9.17) is 4.42 Å². The lowest BCUT2D eigenvalue weighted by Gasteiger charge is -2.14. The SMILES string of the molecule is CC(C)CN1C(=O)S/C(=C\c2cn(CC(=O)NCc3ccco3)c3ccc(Br)cc23)C1=O. The van der Waals surface area contributed by atoms with Crippen LogP contribution in [0.5, 0.6) is 0 Å². The molecule has 1 aromatic carbocycles. The minimum absolute atomic E-state index is 0.113. The van der Waals surface area contributed by atoms with Gasteiger partial charge in [-0.15, -0.1) is 0 Å². The topological polar surface area (TPSA) is 84.6 Å². The van der Waals surface area contributed by atoms with Crippen LogP contribution in [0.1, 0.15) is 25.2 Å². The van der Waals surface area contributed by atoms with Crippen LogP contribution in [-0.4, -0.2) is 33.1 Å². The van der Waals surface area contributed by atoms with Crippen LogP contribution in [0.2, 0.25) is 0 Å². The molecule has 2 aromatic heterocycles. The lowest BCUT2D eigenvalue weighted by atomic mass is 10.1. The third-order valence-electron chi connectivity index (χ3n) is 4.94. The van der Waals surface area contributed by atoms with E-state index in [1.165, 1.54) is 4.90 Å². The van der Waals surface area contributed by atoms with Gasteiger partial charge in [-0.05, 0) is 54.1 Å². The smallest absolute Gasteiger partial charge is 0.293 e. The minimum atomic E-state index is -0.277. The molecule has 1 saturated heterocycles. The minimum Gasteiger partial charge on any atom is -0.467 e. The molecule has 9 heteroatoms. The van der Waals surface area contributed by atoms with Crippen molar-refractivity contribution in [3.63, 3.8) is 0 Å². The van der Waals surface area contributed by atoms with E-state index in [0.717, 1.165) is 32.7 Å². The highest BCUT2D eigenvalue weighted by atomic mass is 79.9. The summed E-state index contributed by atoms with van der Waals surface area (Å²) in [4.78, 5) is 39.3. The maximum atomic E-state index is 12.8. The maximum absolute atomic E-state index is 12.8. The van der Waals surface area contributed by atoms with Crippen molar-refractivity contribution in [2.75, 3.05) is 6.54 Å². The molecule has 3 amide bonds. The van der Waals surface area contributed by atoms with Gasteiger partial charge in [0.15, 0.2) is 0 Å². The molecule has 0 atom stereocenters. The third kappa shape index (κ3) is 4.83. The number of hydrogen-bond acceptors (Lipinski definition) is 5. The molecule has 0 aliphatic carbocycles. The monoisotopic (exact) mass is 515 g/mol. The van der Waals surface area contributed by atoms with Crippen molar-refractivity contribution in [2.24, 2.45) is 5.92 Å². The fraction of sp³-hybridized carbons (Fsp3) is 0.261. The van der Waals surface area contributed by atoms with Gasteiger partial charge in [0.25, 0.3) is 11.1 Å². The summed E-state index contributed by atoms with van der Waals surface area (Å²) in [6.07, 6.45) is 5.13. The number of carbonyl (C=O) groups excluding carboxylic acids is 3. The zero-order valence-corrected chi connectivity index (χ0v) is 20.0. The number of nitrogens with zero attached hydrogens (tertiary/aromatic N) is 2. The summed E-state index contributed by atoms with van der Waals surface area (Å²) in [5.74, 6) is 0.434. The lowest BCUT2D eigenvalue weighted by Crippen LogP contribution is -2.31. The Morgan fingerprint density at radius 3 is 2.81 bits per heavy atom. The largest absolute Gasteiger partial charge is 0.467 e. The molecule has 166 valence electrons. The van der Waals surface area contributed by atoms with Crippen LogP contribution in [-0.2, 0) is 22.7 Å². The first-order chi connectivity index (χ1) is 15.3. The van der Waals surface area contributed by atoms with E-state index in [9.17, 15) is 14.4 Å². The molecule has 32 heavy (non-hydrogen) atoms. The molecule has 0 radical (unpaired) electrons. The Balaban J connectivity index is 1.60. The number of imide groups is 1. The molecule has 0 unspecified atom stereocenters. The summed E-state index contributed by atoms with van der Waals surface area (Å²) in [5.41, 5.74) is 1.63. The molecular weight excluding hydrogens is 494 g/mol. The second-order valence-corrected chi connectivity index (χ2v) is 9.82. The van der Waals surface area contributed by atoms with Crippen LogP contribution < -0.4 is 5.32 Å². The number of fused-ring (bicyclic) bond motifs is 1. The van der Waals surface area contributed by atoms with Crippen molar-refractivity contribution in [3.05, 3.63) is 63.5 Å². The standard InChI is InChI=1S/C23H22BrN3O4S/c1-14(2)11-27-22(29)20(32-23(27)30)8-15-12-26(19-6-5-16(24)9-18(15)19)13-21(28)25-10-17-4-3-7-31-17/h3-9,12,14H,10-11,13H2,1-2H3,(H,25,28)/b20-8-. The normalized spacial score (nSPS) is 15.5. The molecule has 0 spiro atoms. The number of amides is 3. The van der Waals surface area contributed by atoms with Gasteiger partial charge in [0, 0.05) is 33.7 Å². The molecule has 1 aliphatic rings. The first kappa shape index (κ1) is 22.4. The quantitative estimate of drug-likeness (QED) is 0.447. The number of halogens is 1. The van der Waals surface area contributed by atoms with Gasteiger partial charge in [-0.1, -0.05) is 29.8 Å². The Bertz CT molecular complexity index is 1210. The van der Waals surface area contributed by atoms with Crippen molar-refractivity contribution in [3.8, 4) is 0 Å². The molecule has 7 nitrogen and oxygen atoms in total. The van der Waals surface area contributed by atoms with Gasteiger partial charge in [-0.3, -0.25) is 19.3 Å². The Morgan fingerprint density at radius 1 is 1.28 bits per heavy atom. The van der Waals surface area contributed by atoms with Crippen molar-refractivity contribution in [1.82, 2.24) is 14.8 Å². The summed E-state index contributed by atoms with van der Waals surface area (Å²) in [6.45, 7) is 4.75. The van der Waals surface area contributed by atoms with E-state index < -0.39 is 0 Å². The van der Waals surface area contributed by atoms with Crippen molar-refractivity contribution in [2.45, 2.75) is 26.9 Å². The van der Waals surface area contributed by atoms with E-state index in [1.807, 2.05) is 42.8 Å². The summed E-state index contributed by atoms with van der Waals surface area (Å²) in [6, 6.07) is 9.33. The zero-order chi connectivity index (χ0) is 22.8. The van der Waals surface area contributed by atoms with Gasteiger partial charge >= 0.3 is 0 Å². The Kier molecular flexibility index (Phi) is 6.57. The molecule has 1 aliphatic heterocycles. The lowest BCUT2D eigenvalue weighted by molar-refractivity contribution is -0.123. The van der Waals surface area contributed by atoms with Crippen molar-refractivity contribution in [1.29, 1.82) is 0 Å². The maximum Gasteiger partial charge on any atom is 0.293 e. The second kappa shape index (κ2) is 9.38. The number of carbonyl (C=O) groups is 3. The van der Waals surface area contributed by atoms with Crippen molar-refractivity contribution < 1.29 is 18.8 Å². The number of hydrogen-bond donors (Lipinski definition) is 1. The highest BCUT2D eigenvalue weighted by Crippen LogP contribution is 2.35. The van der Waals surface area contributed by atoms with Gasteiger partial charge in [0.05, 0.1) is 17.7 Å². The van der Waals surface area contributed by atoms with Crippen LogP contribution in [0.4, 0.5) is 4.79 Å². The van der Waals surface area contributed by atoms with Crippen LogP contribution >= 0.6 is 27.7 Å². The summed E-state index contributed by atoms with van der Waals surface area (Å²) in [5, 5.41) is 3.47. The van der Waals surface area contributed by atoms with Crippen LogP contribution in [0, 0.1) is 5.92 Å². The van der Waals surface area contributed by atoms with E-state index in [1.54, 1.807) is 24.5 Å². The highest BCUT2D eigenvalue weighted by Gasteiger charge is 2.35. The summed E-state index contributed by atoms with van der Waals surface area (Å²) in [7, 11) is 0. The van der Waals surface area contributed by atoms with Crippen LogP contribution in [0.15, 0.2) is 56.6 Å². The third-order valence-corrected chi connectivity index (χ3v) is 6.34. The molecule has 3 heterocycles. The first-order valence-electron chi connectivity index (χ1n) is 10.1. The molecule has 0 saturated carbocycles. The Labute approximate surface area is 197 Å². The molecule has 0 bridgehead atoms. The average molecular weight is 516 g/mol. The van der Waals surface area contributed by atoms with E-state index in [0.29, 0.717) is 23.8 Å². The van der Waals surface area contributed by atoms with Gasteiger partial charge in [-0.2, -0.15) is 0 Å². The Hall–Kier alpha value is -2.78. The molecule has 1 N–H and O–H groups in total. The predicted molar refractivity (Wildman–Crippen MR) is 128 cm³/mol. The number of benzene rings is 1. The summed E-state index contributed by atoms with van der Waals surface area (Å²) < 4.78 is 7.97. The van der Waals surface area contributed by atoms with Gasteiger partial charge < -0.3 is 14.3 Å². The van der Waals surface area contributed by atoms with E-state index in [2.05, 4.69) is 21.2 Å². The number of furan rings is 1. The fourth-order valence-electron chi connectivity index (χ4n) is 3.52. The highest BCUT2D eigenvalue weighted by molar-refractivity contribution is 9.10. The molecular formula is C23H22BrN3O4S. The van der Waals surface area contributed by atoms with Gasteiger partial charge in [0.1, 0.15) is 12.3 Å². The number of rotatable bonds is 7. The number of thioether (sulfide) groups is 1. The molecule has 1 fully saturated rings.